The van der Waals surface area contributed by atoms with Crippen molar-refractivity contribution in [1.29, 1.82) is 0 Å². The van der Waals surface area contributed by atoms with Crippen LogP contribution in [0.15, 0.2) is 42.5 Å². The Labute approximate surface area is 104 Å². The van der Waals surface area contributed by atoms with Crippen LogP contribution in [-0.2, 0) is 6.54 Å². The Hall–Kier alpha value is -1.80. The zero-order chi connectivity index (χ0) is 11.8. The Kier molecular flexibility index (Phi) is 2.37. The maximum Gasteiger partial charge on any atom is 0.252 e. The van der Waals surface area contributed by atoms with Gasteiger partial charge in [0, 0.05) is 17.1 Å². The van der Waals surface area contributed by atoms with Gasteiger partial charge in [0.25, 0.3) is 5.91 Å². The normalized spacial score (nSPS) is 13.4. The van der Waals surface area contributed by atoms with Crippen molar-refractivity contribution in [3.63, 3.8) is 0 Å². The third-order valence-electron chi connectivity index (χ3n) is 2.97. The first-order chi connectivity index (χ1) is 8.25. The first-order valence-corrected chi connectivity index (χ1v) is 5.79. The minimum atomic E-state index is -0.0343. The molecule has 0 spiro atoms. The lowest BCUT2D eigenvalue weighted by Crippen LogP contribution is -2.21. The molecule has 0 radical (unpaired) electrons. The monoisotopic (exact) mass is 243 g/mol. The van der Waals surface area contributed by atoms with E-state index in [1.807, 2.05) is 42.5 Å². The van der Waals surface area contributed by atoms with Gasteiger partial charge in [-0.2, -0.15) is 0 Å². The minimum Gasteiger partial charge on any atom is -0.348 e. The summed E-state index contributed by atoms with van der Waals surface area (Å²) < 4.78 is 0. The lowest BCUT2D eigenvalue weighted by Gasteiger charge is -2.07. The van der Waals surface area contributed by atoms with Crippen molar-refractivity contribution >= 4 is 17.5 Å². The summed E-state index contributed by atoms with van der Waals surface area (Å²) in [6.07, 6.45) is 0. The summed E-state index contributed by atoms with van der Waals surface area (Å²) in [5.74, 6) is -0.0343. The van der Waals surface area contributed by atoms with E-state index in [9.17, 15) is 4.79 Å². The predicted molar refractivity (Wildman–Crippen MR) is 68.1 cm³/mol. The van der Waals surface area contributed by atoms with Crippen LogP contribution in [-0.4, -0.2) is 5.91 Å². The first kappa shape index (κ1) is 10.4. The second-order valence-electron chi connectivity index (χ2n) is 4.03. The molecule has 0 atom stereocenters. The van der Waals surface area contributed by atoms with Crippen molar-refractivity contribution in [2.75, 3.05) is 0 Å². The highest BCUT2D eigenvalue weighted by Gasteiger charge is 2.18. The standard InChI is InChI=1S/C14H10ClNO/c15-10-5-6-11-9(7-10)8-16-14(17)13-4-2-1-3-12(11)13/h1-7H,8H2,(H,16,17). The molecule has 0 bridgehead atoms. The van der Waals surface area contributed by atoms with Gasteiger partial charge in [0.15, 0.2) is 0 Å². The quantitative estimate of drug-likeness (QED) is 0.756. The molecule has 84 valence electrons. The first-order valence-electron chi connectivity index (χ1n) is 5.42. The Bertz CT molecular complexity index is 607. The lowest BCUT2D eigenvalue weighted by atomic mass is 9.97. The number of hydrogen-bond donors (Lipinski definition) is 1. The average Bonchev–Trinajstić information content (AvgIpc) is 2.48. The van der Waals surface area contributed by atoms with Crippen molar-refractivity contribution in [1.82, 2.24) is 5.32 Å². The van der Waals surface area contributed by atoms with Gasteiger partial charge in [-0.25, -0.2) is 0 Å². The maximum absolute atomic E-state index is 11.9. The topological polar surface area (TPSA) is 29.1 Å². The molecule has 1 N–H and O–H groups in total. The van der Waals surface area contributed by atoms with Crippen molar-refractivity contribution in [3.8, 4) is 11.1 Å². The molecule has 1 amide bonds. The van der Waals surface area contributed by atoms with E-state index in [-0.39, 0.29) is 5.91 Å². The Morgan fingerprint density at radius 2 is 1.76 bits per heavy atom. The zero-order valence-corrected chi connectivity index (χ0v) is 9.79. The van der Waals surface area contributed by atoms with Crippen molar-refractivity contribution in [3.05, 3.63) is 58.6 Å². The molecule has 2 aromatic carbocycles. The fraction of sp³-hybridized carbons (Fsp3) is 0.0714. The van der Waals surface area contributed by atoms with Crippen LogP contribution >= 0.6 is 11.6 Å². The van der Waals surface area contributed by atoms with Crippen LogP contribution in [0.25, 0.3) is 11.1 Å². The summed E-state index contributed by atoms with van der Waals surface area (Å²) in [6, 6.07) is 13.3. The van der Waals surface area contributed by atoms with E-state index in [4.69, 9.17) is 11.6 Å². The van der Waals surface area contributed by atoms with Gasteiger partial charge in [0.2, 0.25) is 0 Å². The van der Waals surface area contributed by atoms with Crippen LogP contribution in [0.4, 0.5) is 0 Å². The number of carbonyl (C=O) groups excluding carboxylic acids is 1. The fourth-order valence-corrected chi connectivity index (χ4v) is 2.35. The van der Waals surface area contributed by atoms with Crippen LogP contribution in [0.1, 0.15) is 15.9 Å². The molecule has 1 aliphatic rings. The highest BCUT2D eigenvalue weighted by atomic mass is 35.5. The van der Waals surface area contributed by atoms with Gasteiger partial charge in [0.1, 0.15) is 0 Å². The number of nitrogens with one attached hydrogen (secondary N) is 1. The van der Waals surface area contributed by atoms with Gasteiger partial charge in [-0.15, -0.1) is 0 Å². The summed E-state index contributed by atoms with van der Waals surface area (Å²) in [6.45, 7) is 0.517. The molecule has 0 saturated carbocycles. The van der Waals surface area contributed by atoms with Crippen LogP contribution in [0.5, 0.6) is 0 Å². The van der Waals surface area contributed by atoms with E-state index in [0.29, 0.717) is 17.1 Å². The largest absolute Gasteiger partial charge is 0.348 e. The summed E-state index contributed by atoms with van der Waals surface area (Å²) >= 11 is 5.98. The predicted octanol–water partition coefficient (Wildman–Crippen LogP) is 3.25. The van der Waals surface area contributed by atoms with Gasteiger partial charge in [-0.3, -0.25) is 4.79 Å². The number of rotatable bonds is 0. The second kappa shape index (κ2) is 3.90. The van der Waals surface area contributed by atoms with E-state index in [1.165, 1.54) is 0 Å². The van der Waals surface area contributed by atoms with Crippen LogP contribution in [0.2, 0.25) is 5.02 Å². The number of halogens is 1. The number of benzene rings is 2. The van der Waals surface area contributed by atoms with Crippen LogP contribution < -0.4 is 5.32 Å². The van der Waals surface area contributed by atoms with Crippen LogP contribution in [0.3, 0.4) is 0 Å². The summed E-state index contributed by atoms with van der Waals surface area (Å²) in [4.78, 5) is 11.9. The van der Waals surface area contributed by atoms with E-state index < -0.39 is 0 Å². The van der Waals surface area contributed by atoms with Crippen LogP contribution in [0, 0.1) is 0 Å². The number of carbonyl (C=O) groups is 1. The second-order valence-corrected chi connectivity index (χ2v) is 4.47. The molecular formula is C14H10ClNO. The molecule has 1 heterocycles. The molecule has 3 rings (SSSR count). The molecule has 2 aromatic rings. The number of hydrogen-bond acceptors (Lipinski definition) is 1. The van der Waals surface area contributed by atoms with Gasteiger partial charge in [-0.05, 0) is 34.9 Å². The van der Waals surface area contributed by atoms with E-state index in [1.54, 1.807) is 0 Å². The molecule has 2 nitrogen and oxygen atoms in total. The van der Waals surface area contributed by atoms with Gasteiger partial charge in [-0.1, -0.05) is 35.9 Å². The van der Waals surface area contributed by atoms with Gasteiger partial charge >= 0.3 is 0 Å². The molecule has 17 heavy (non-hydrogen) atoms. The van der Waals surface area contributed by atoms with Crippen molar-refractivity contribution < 1.29 is 4.79 Å². The Morgan fingerprint density at radius 3 is 2.59 bits per heavy atom. The highest BCUT2D eigenvalue weighted by molar-refractivity contribution is 6.30. The molecule has 0 aromatic heterocycles. The Balaban J connectivity index is 2.30. The highest BCUT2D eigenvalue weighted by Crippen LogP contribution is 2.31. The summed E-state index contributed by atoms with van der Waals surface area (Å²) in [5.41, 5.74) is 3.81. The van der Waals surface area contributed by atoms with Crippen molar-refractivity contribution in [2.45, 2.75) is 6.54 Å². The number of fused-ring (bicyclic) bond motifs is 3. The maximum atomic E-state index is 11.9. The molecule has 0 aliphatic carbocycles. The summed E-state index contributed by atoms with van der Waals surface area (Å²) in [5, 5.41) is 3.58. The lowest BCUT2D eigenvalue weighted by molar-refractivity contribution is 0.0953. The molecule has 3 heteroatoms. The molecule has 0 fully saturated rings. The fourth-order valence-electron chi connectivity index (χ4n) is 2.16. The van der Waals surface area contributed by atoms with E-state index in [0.717, 1.165) is 16.7 Å². The smallest absolute Gasteiger partial charge is 0.252 e. The van der Waals surface area contributed by atoms with E-state index >= 15 is 0 Å². The van der Waals surface area contributed by atoms with Gasteiger partial charge in [0.05, 0.1) is 0 Å². The SMILES string of the molecule is O=C1NCc2cc(Cl)ccc2-c2ccccc21. The zero-order valence-electron chi connectivity index (χ0n) is 9.03. The number of amides is 1. The molecular weight excluding hydrogens is 234 g/mol. The third-order valence-corrected chi connectivity index (χ3v) is 3.20. The molecule has 0 saturated heterocycles. The third kappa shape index (κ3) is 1.71. The Morgan fingerprint density at radius 1 is 1.00 bits per heavy atom. The molecule has 1 aliphatic heterocycles. The van der Waals surface area contributed by atoms with E-state index in [2.05, 4.69) is 5.32 Å². The summed E-state index contributed by atoms with van der Waals surface area (Å²) in [7, 11) is 0. The average molecular weight is 244 g/mol. The van der Waals surface area contributed by atoms with Crippen molar-refractivity contribution in [2.24, 2.45) is 0 Å². The minimum absolute atomic E-state index is 0.0343. The molecule has 0 unspecified atom stereocenters. The van der Waals surface area contributed by atoms with Gasteiger partial charge < -0.3 is 5.32 Å².